The van der Waals surface area contributed by atoms with Gasteiger partial charge in [-0.25, -0.2) is 0 Å². The Labute approximate surface area is 108 Å². The van der Waals surface area contributed by atoms with E-state index in [4.69, 9.17) is 23.0 Å². The molecule has 0 radical (unpaired) electrons. The van der Waals surface area contributed by atoms with Crippen molar-refractivity contribution in [2.24, 2.45) is 7.05 Å². The van der Waals surface area contributed by atoms with E-state index in [1.54, 1.807) is 16.7 Å². The van der Waals surface area contributed by atoms with Gasteiger partial charge in [0.05, 0.1) is 0 Å². The normalized spacial score (nSPS) is 10.1. The van der Waals surface area contributed by atoms with Gasteiger partial charge in [0.2, 0.25) is 5.90 Å². The Balaban J connectivity index is 2.33. The Hall–Kier alpha value is -2.28. The van der Waals surface area contributed by atoms with Crippen molar-refractivity contribution in [3.05, 3.63) is 34.6 Å². The molecule has 1 aromatic heterocycles. The van der Waals surface area contributed by atoms with Crippen LogP contribution in [-0.4, -0.2) is 27.1 Å². The molecule has 0 unspecified atom stereocenters. The fraction of sp³-hybridized carbons (Fsp3) is 0.0909. The van der Waals surface area contributed by atoms with Crippen LogP contribution in [0.1, 0.15) is 5.56 Å². The van der Waals surface area contributed by atoms with Gasteiger partial charge in [0.1, 0.15) is 0 Å². The van der Waals surface area contributed by atoms with Crippen molar-refractivity contribution in [2.75, 3.05) is 0 Å². The van der Waals surface area contributed by atoms with Crippen LogP contribution in [0.25, 0.3) is 11.4 Å². The van der Waals surface area contributed by atoms with Gasteiger partial charge >= 0.3 is 0 Å². The number of hydrogen-bond acceptors (Lipinski definition) is 5. The van der Waals surface area contributed by atoms with Crippen LogP contribution >= 0.6 is 12.2 Å². The van der Waals surface area contributed by atoms with Crippen molar-refractivity contribution >= 4 is 24.5 Å². The lowest BCUT2D eigenvalue weighted by Crippen LogP contribution is -2.03. The summed E-state index contributed by atoms with van der Waals surface area (Å²) in [5.74, 6) is 0.665. The second-order valence-corrected chi connectivity index (χ2v) is 3.94. The highest BCUT2D eigenvalue weighted by Crippen LogP contribution is 2.17. The molecular formula is C11H11N5OS. The third-order valence-electron chi connectivity index (χ3n) is 2.46. The van der Waals surface area contributed by atoms with Crippen LogP contribution in [0.15, 0.2) is 24.3 Å². The largest absolute Gasteiger partial charge is 0.428 e. The number of nitrogens with zero attached hydrogens (tertiary/aromatic N) is 2. The Morgan fingerprint density at radius 2 is 2.11 bits per heavy atom. The van der Waals surface area contributed by atoms with Crippen LogP contribution in [0.3, 0.4) is 0 Å². The molecule has 0 aliphatic rings. The van der Waals surface area contributed by atoms with Gasteiger partial charge in [-0.05, 0) is 24.4 Å². The molecule has 18 heavy (non-hydrogen) atoms. The minimum absolute atomic E-state index is 0.0630. The lowest BCUT2D eigenvalue weighted by molar-refractivity contribution is 0.561. The predicted octanol–water partition coefficient (Wildman–Crippen LogP) is 2.09. The number of benzene rings is 1. The minimum atomic E-state index is -0.0630. The summed E-state index contributed by atoms with van der Waals surface area (Å²) in [7, 11) is 1.83. The molecule has 1 aromatic carbocycles. The summed E-state index contributed by atoms with van der Waals surface area (Å²) in [6, 6.07) is 7.11. The van der Waals surface area contributed by atoms with Crippen LogP contribution in [0.5, 0.6) is 0 Å². The van der Waals surface area contributed by atoms with Gasteiger partial charge in [-0.2, -0.15) is 5.10 Å². The van der Waals surface area contributed by atoms with Gasteiger partial charge in [-0.1, -0.05) is 12.1 Å². The zero-order valence-electron chi connectivity index (χ0n) is 9.60. The molecule has 0 aliphatic heterocycles. The number of aromatic amines is 1. The predicted molar refractivity (Wildman–Crippen MR) is 70.5 cm³/mol. The van der Waals surface area contributed by atoms with E-state index >= 15 is 0 Å². The minimum Gasteiger partial charge on any atom is -0.428 e. The first-order valence-electron chi connectivity index (χ1n) is 5.10. The zero-order chi connectivity index (χ0) is 13.1. The molecule has 0 saturated heterocycles. The molecule has 7 heteroatoms. The van der Waals surface area contributed by atoms with Crippen LogP contribution in [0.2, 0.25) is 0 Å². The van der Waals surface area contributed by atoms with Gasteiger partial charge in [0, 0.05) is 18.2 Å². The Bertz CT molecular complexity index is 640. The van der Waals surface area contributed by atoms with Gasteiger partial charge in [-0.3, -0.25) is 15.9 Å². The molecule has 0 saturated carbocycles. The molecule has 6 nitrogen and oxygen atoms in total. The van der Waals surface area contributed by atoms with Gasteiger partial charge in [0.15, 0.2) is 17.0 Å². The molecule has 0 fully saturated rings. The smallest absolute Gasteiger partial charge is 0.220 e. The van der Waals surface area contributed by atoms with Crippen molar-refractivity contribution in [3.63, 3.8) is 0 Å². The molecule has 0 bridgehead atoms. The van der Waals surface area contributed by atoms with Gasteiger partial charge in [-0.15, -0.1) is 0 Å². The summed E-state index contributed by atoms with van der Waals surface area (Å²) in [6.07, 6.45) is 0.730. The standard InChI is InChI=1S/C11H11N5OS/c1-16-10(14-15-11(16)18)8-4-2-7(3-5-8)9(13)17-6-12/h2-6,12-13H,1H3,(H,15,18). The highest BCUT2D eigenvalue weighted by atomic mass is 32.1. The van der Waals surface area contributed by atoms with E-state index in [2.05, 4.69) is 14.9 Å². The van der Waals surface area contributed by atoms with Crippen LogP contribution < -0.4 is 0 Å². The summed E-state index contributed by atoms with van der Waals surface area (Å²) >= 11 is 5.04. The third-order valence-corrected chi connectivity index (χ3v) is 2.83. The number of hydrogen-bond donors (Lipinski definition) is 3. The van der Waals surface area contributed by atoms with E-state index in [1.165, 1.54) is 0 Å². The maximum absolute atomic E-state index is 7.53. The van der Waals surface area contributed by atoms with Crippen molar-refractivity contribution in [1.29, 1.82) is 10.8 Å². The fourth-order valence-electron chi connectivity index (χ4n) is 1.50. The topological polar surface area (TPSA) is 90.5 Å². The van der Waals surface area contributed by atoms with E-state index in [1.807, 2.05) is 19.2 Å². The highest BCUT2D eigenvalue weighted by Gasteiger charge is 2.07. The Kier molecular flexibility index (Phi) is 3.33. The number of H-pyrrole nitrogens is 1. The molecule has 0 amide bonds. The second kappa shape index (κ2) is 4.92. The summed E-state index contributed by atoms with van der Waals surface area (Å²) in [5, 5.41) is 21.1. The molecule has 92 valence electrons. The molecule has 2 rings (SSSR count). The van der Waals surface area contributed by atoms with Crippen molar-refractivity contribution in [3.8, 4) is 11.4 Å². The molecule has 0 atom stereocenters. The SMILES string of the molecule is Cn1c(-c2ccc(C(=N)OC=N)cc2)n[nH]c1=S. The van der Waals surface area contributed by atoms with E-state index in [0.29, 0.717) is 10.3 Å². The summed E-state index contributed by atoms with van der Waals surface area (Å²) < 4.78 is 7.00. The highest BCUT2D eigenvalue weighted by molar-refractivity contribution is 7.71. The molecule has 0 spiro atoms. The quantitative estimate of drug-likeness (QED) is 0.449. The fourth-order valence-corrected chi connectivity index (χ4v) is 1.63. The van der Waals surface area contributed by atoms with Crippen molar-refractivity contribution in [2.45, 2.75) is 0 Å². The number of nitrogens with one attached hydrogen (secondary N) is 3. The first kappa shape index (κ1) is 12.2. The van der Waals surface area contributed by atoms with Crippen molar-refractivity contribution < 1.29 is 4.74 Å². The summed E-state index contributed by atoms with van der Waals surface area (Å²) in [4.78, 5) is 0. The van der Waals surface area contributed by atoms with Crippen molar-refractivity contribution in [1.82, 2.24) is 14.8 Å². The third kappa shape index (κ3) is 2.21. The number of rotatable bonds is 3. The molecule has 3 N–H and O–H groups in total. The first-order valence-corrected chi connectivity index (χ1v) is 5.50. The molecular weight excluding hydrogens is 250 g/mol. The van der Waals surface area contributed by atoms with Gasteiger partial charge in [0.25, 0.3) is 0 Å². The lowest BCUT2D eigenvalue weighted by atomic mass is 10.1. The maximum Gasteiger partial charge on any atom is 0.220 e. The zero-order valence-corrected chi connectivity index (χ0v) is 10.4. The van der Waals surface area contributed by atoms with Crippen LogP contribution in [0.4, 0.5) is 0 Å². The average Bonchev–Trinajstić information content (AvgIpc) is 2.71. The summed E-state index contributed by atoms with van der Waals surface area (Å²) in [6.45, 7) is 0. The number of aromatic nitrogens is 3. The lowest BCUT2D eigenvalue weighted by Gasteiger charge is -2.04. The van der Waals surface area contributed by atoms with E-state index < -0.39 is 0 Å². The van der Waals surface area contributed by atoms with Crippen LogP contribution in [-0.2, 0) is 11.8 Å². The average molecular weight is 261 g/mol. The Morgan fingerprint density at radius 3 is 2.61 bits per heavy atom. The molecule has 2 aromatic rings. The van der Waals surface area contributed by atoms with E-state index in [0.717, 1.165) is 17.8 Å². The molecule has 0 aliphatic carbocycles. The van der Waals surface area contributed by atoms with Gasteiger partial charge < -0.3 is 9.30 Å². The monoisotopic (exact) mass is 261 g/mol. The summed E-state index contributed by atoms with van der Waals surface area (Å²) in [5.41, 5.74) is 1.48. The first-order chi connectivity index (χ1) is 8.63. The molecule has 1 heterocycles. The maximum atomic E-state index is 7.53. The number of ether oxygens (including phenoxy) is 1. The van der Waals surface area contributed by atoms with Crippen LogP contribution in [0, 0.1) is 15.6 Å². The second-order valence-electron chi connectivity index (χ2n) is 3.55. The Morgan fingerprint density at radius 1 is 1.44 bits per heavy atom. The van der Waals surface area contributed by atoms with E-state index in [9.17, 15) is 0 Å². The van der Waals surface area contributed by atoms with E-state index in [-0.39, 0.29) is 5.90 Å².